The highest BCUT2D eigenvalue weighted by Gasteiger charge is 2.14. The molecule has 0 saturated heterocycles. The van der Waals surface area contributed by atoms with Gasteiger partial charge in [0, 0.05) is 35.0 Å². The Morgan fingerprint density at radius 3 is 3.14 bits per heavy atom. The van der Waals surface area contributed by atoms with Crippen molar-refractivity contribution in [1.82, 2.24) is 20.2 Å². The first-order valence-corrected chi connectivity index (χ1v) is 7.34. The van der Waals surface area contributed by atoms with Crippen LogP contribution >= 0.6 is 11.3 Å². The third kappa shape index (κ3) is 2.14. The molecule has 1 N–H and O–H groups in total. The second kappa shape index (κ2) is 4.98. The van der Waals surface area contributed by atoms with E-state index in [0.717, 1.165) is 33.2 Å². The minimum atomic E-state index is 0.799. The molecule has 3 heterocycles. The van der Waals surface area contributed by atoms with Crippen LogP contribution in [0.5, 0.6) is 0 Å². The molecule has 0 fully saturated rings. The third-order valence-corrected chi connectivity index (χ3v) is 4.07. The summed E-state index contributed by atoms with van der Waals surface area (Å²) in [7, 11) is 0. The number of H-pyrrole nitrogens is 1. The molecule has 0 atom stereocenters. The number of thiazole rings is 1. The fraction of sp³-hybridized carbons (Fsp3) is 0. The Hall–Kier alpha value is -2.75. The Balaban J connectivity index is 1.78. The van der Waals surface area contributed by atoms with Gasteiger partial charge in [-0.15, -0.1) is 22.2 Å². The maximum atomic E-state index is 4.68. The van der Waals surface area contributed by atoms with E-state index in [0.29, 0.717) is 0 Å². The van der Waals surface area contributed by atoms with E-state index in [2.05, 4.69) is 32.0 Å². The predicted octanol–water partition coefficient (Wildman–Crippen LogP) is 3.79. The lowest BCUT2D eigenvalue weighted by Gasteiger charge is -1.96. The van der Waals surface area contributed by atoms with Gasteiger partial charge in [0.1, 0.15) is 10.7 Å². The van der Waals surface area contributed by atoms with E-state index in [1.807, 2.05) is 41.9 Å². The van der Waals surface area contributed by atoms with Crippen LogP contribution in [0.4, 0.5) is 0 Å². The van der Waals surface area contributed by atoms with Gasteiger partial charge in [-0.3, -0.25) is 0 Å². The predicted molar refractivity (Wildman–Crippen MR) is 84.5 cm³/mol. The molecule has 100 valence electrons. The molecular formula is C16H10N4S. The van der Waals surface area contributed by atoms with Crippen LogP contribution in [-0.2, 0) is 0 Å². The molecule has 0 radical (unpaired) electrons. The zero-order valence-corrected chi connectivity index (χ0v) is 11.8. The smallest absolute Gasteiger partial charge is 0.144 e. The molecule has 3 aromatic heterocycles. The number of nitrogens with one attached hydrogen (secondary N) is 1. The van der Waals surface area contributed by atoms with Crippen molar-refractivity contribution in [2.45, 2.75) is 0 Å². The van der Waals surface area contributed by atoms with E-state index in [9.17, 15) is 0 Å². The summed E-state index contributed by atoms with van der Waals surface area (Å²) < 4.78 is 0. The van der Waals surface area contributed by atoms with E-state index < -0.39 is 0 Å². The first-order valence-electron chi connectivity index (χ1n) is 6.46. The zero-order valence-electron chi connectivity index (χ0n) is 10.9. The van der Waals surface area contributed by atoms with Crippen LogP contribution in [0, 0.1) is 0 Å². The van der Waals surface area contributed by atoms with Crippen LogP contribution in [0.3, 0.4) is 0 Å². The van der Waals surface area contributed by atoms with Gasteiger partial charge in [0.15, 0.2) is 0 Å². The lowest BCUT2D eigenvalue weighted by atomic mass is 10.1. The van der Waals surface area contributed by atoms with Crippen LogP contribution in [0.15, 0.2) is 47.8 Å². The number of allylic oxidation sites excluding steroid dienone is 2. The van der Waals surface area contributed by atoms with E-state index in [-0.39, 0.29) is 0 Å². The summed E-state index contributed by atoms with van der Waals surface area (Å²) in [5.74, 6) is 0. The molecule has 4 rings (SSSR count). The summed E-state index contributed by atoms with van der Waals surface area (Å²) in [6.45, 7) is 0. The van der Waals surface area contributed by atoms with Crippen molar-refractivity contribution < 1.29 is 0 Å². The van der Waals surface area contributed by atoms with Gasteiger partial charge < -0.3 is 4.98 Å². The number of fused-ring (bicyclic) bond motifs is 1. The molecule has 0 aromatic carbocycles. The SMILES string of the molecule is C1=CC=Cc2c(-c3csc(-c4cccnn4)n3)c[nH]c2C=1. The number of hydrogen-bond donors (Lipinski definition) is 1. The van der Waals surface area contributed by atoms with Gasteiger partial charge in [-0.25, -0.2) is 4.98 Å². The minimum absolute atomic E-state index is 0.799. The fourth-order valence-electron chi connectivity index (χ4n) is 2.22. The molecule has 0 aliphatic heterocycles. The number of rotatable bonds is 2. The first kappa shape index (κ1) is 12.0. The Morgan fingerprint density at radius 2 is 2.24 bits per heavy atom. The molecule has 0 spiro atoms. The summed E-state index contributed by atoms with van der Waals surface area (Å²) in [5, 5.41) is 10.9. The standard InChI is InChI=1S/C16H10N4S/c1-2-5-11-12(9-17-13(11)6-3-1)15-10-21-16(19-15)14-7-4-8-18-20-14/h1-2,4-10,17H. The molecule has 0 saturated carbocycles. The Kier molecular flexibility index (Phi) is 2.85. The van der Waals surface area contributed by atoms with Gasteiger partial charge >= 0.3 is 0 Å². The lowest BCUT2D eigenvalue weighted by molar-refractivity contribution is 1.03. The average molecular weight is 290 g/mol. The van der Waals surface area contributed by atoms with Crippen LogP contribution < -0.4 is 0 Å². The summed E-state index contributed by atoms with van der Waals surface area (Å²) >= 11 is 1.57. The number of aromatic nitrogens is 4. The number of aromatic amines is 1. The Bertz CT molecular complexity index is 880. The summed E-state index contributed by atoms with van der Waals surface area (Å²) in [5.41, 5.74) is 8.10. The van der Waals surface area contributed by atoms with Crippen molar-refractivity contribution in [2.24, 2.45) is 0 Å². The quantitative estimate of drug-likeness (QED) is 0.730. The van der Waals surface area contributed by atoms with Gasteiger partial charge in [0.05, 0.1) is 11.4 Å². The van der Waals surface area contributed by atoms with Gasteiger partial charge in [-0.2, -0.15) is 5.10 Å². The molecule has 5 heteroatoms. The van der Waals surface area contributed by atoms with Crippen molar-refractivity contribution in [3.8, 4) is 22.0 Å². The topological polar surface area (TPSA) is 54.5 Å². The third-order valence-electron chi connectivity index (χ3n) is 3.21. The molecule has 4 nitrogen and oxygen atoms in total. The van der Waals surface area contributed by atoms with Crippen molar-refractivity contribution in [3.05, 3.63) is 59.0 Å². The second-order valence-corrected chi connectivity index (χ2v) is 5.37. The highest BCUT2D eigenvalue weighted by atomic mass is 32.1. The van der Waals surface area contributed by atoms with Crippen molar-refractivity contribution >= 4 is 23.5 Å². The number of hydrogen-bond acceptors (Lipinski definition) is 4. The minimum Gasteiger partial charge on any atom is -0.360 e. The maximum absolute atomic E-state index is 4.68. The first-order chi connectivity index (χ1) is 10.4. The molecule has 0 unspecified atom stereocenters. The molecule has 21 heavy (non-hydrogen) atoms. The second-order valence-electron chi connectivity index (χ2n) is 4.51. The molecule has 0 bridgehead atoms. The van der Waals surface area contributed by atoms with Crippen LogP contribution in [0.25, 0.3) is 34.1 Å². The summed E-state index contributed by atoms with van der Waals surface area (Å²) in [4.78, 5) is 7.94. The highest BCUT2D eigenvalue weighted by Crippen LogP contribution is 2.32. The van der Waals surface area contributed by atoms with Gasteiger partial charge in [0.2, 0.25) is 0 Å². The van der Waals surface area contributed by atoms with Crippen LogP contribution in [0.1, 0.15) is 11.3 Å². The molecule has 1 aliphatic rings. The largest absolute Gasteiger partial charge is 0.360 e. The normalized spacial score (nSPS) is 12.4. The number of nitrogens with zero attached hydrogens (tertiary/aromatic N) is 3. The maximum Gasteiger partial charge on any atom is 0.144 e. The monoisotopic (exact) mass is 290 g/mol. The summed E-state index contributed by atoms with van der Waals surface area (Å²) in [6.07, 6.45) is 11.5. The molecular weight excluding hydrogens is 280 g/mol. The van der Waals surface area contributed by atoms with Gasteiger partial charge in [0.25, 0.3) is 0 Å². The molecule has 3 aromatic rings. The van der Waals surface area contributed by atoms with Gasteiger partial charge in [-0.05, 0) is 18.2 Å². The van der Waals surface area contributed by atoms with E-state index in [1.54, 1.807) is 17.5 Å². The highest BCUT2D eigenvalue weighted by molar-refractivity contribution is 7.13. The zero-order chi connectivity index (χ0) is 14.1. The van der Waals surface area contributed by atoms with E-state index in [4.69, 9.17) is 0 Å². The van der Waals surface area contributed by atoms with E-state index in [1.165, 1.54) is 0 Å². The van der Waals surface area contributed by atoms with Crippen LogP contribution in [0.2, 0.25) is 0 Å². The fourth-order valence-corrected chi connectivity index (χ4v) is 3.01. The average Bonchev–Trinajstić information content (AvgIpc) is 3.10. The summed E-state index contributed by atoms with van der Waals surface area (Å²) in [6, 6.07) is 3.78. The molecule has 0 amide bonds. The van der Waals surface area contributed by atoms with Gasteiger partial charge in [-0.1, -0.05) is 12.2 Å². The Labute approximate surface area is 125 Å². The lowest BCUT2D eigenvalue weighted by Crippen LogP contribution is -1.85. The van der Waals surface area contributed by atoms with Crippen molar-refractivity contribution in [2.75, 3.05) is 0 Å². The van der Waals surface area contributed by atoms with Crippen molar-refractivity contribution in [3.63, 3.8) is 0 Å². The van der Waals surface area contributed by atoms with Crippen molar-refractivity contribution in [1.29, 1.82) is 0 Å². The van der Waals surface area contributed by atoms with E-state index >= 15 is 0 Å². The van der Waals surface area contributed by atoms with Crippen LogP contribution in [-0.4, -0.2) is 20.2 Å². The molecule has 1 aliphatic carbocycles. The Morgan fingerprint density at radius 1 is 1.24 bits per heavy atom.